The van der Waals surface area contributed by atoms with Gasteiger partial charge in [-0.25, -0.2) is 0 Å². The molecule has 0 saturated carbocycles. The van der Waals surface area contributed by atoms with Gasteiger partial charge in [0.15, 0.2) is 0 Å². The average molecular weight is 726 g/mol. The maximum absolute atomic E-state index is 12.1. The molecular weight excluding hydrogens is 695 g/mol. The number of rotatable bonds is 12. The summed E-state index contributed by atoms with van der Waals surface area (Å²) in [4.78, 5) is 36.2. The minimum atomic E-state index is -2.79. The zero-order valence-corrected chi connectivity index (χ0v) is 25.4. The van der Waals surface area contributed by atoms with Crippen LogP contribution in [0, 0.1) is 0 Å². The predicted molar refractivity (Wildman–Crippen MR) is 168 cm³/mol. The molecule has 0 aliphatic heterocycles. The quantitative estimate of drug-likeness (QED) is 0.149. The molecule has 200 valence electrons. The molecule has 0 aromatic heterocycles. The molecule has 6 nitrogen and oxygen atoms in total. The molecule has 0 radical (unpaired) electrons. The van der Waals surface area contributed by atoms with Gasteiger partial charge in [0.2, 0.25) is 0 Å². The van der Waals surface area contributed by atoms with Gasteiger partial charge in [0.1, 0.15) is 0 Å². The van der Waals surface area contributed by atoms with Crippen molar-refractivity contribution in [3.05, 3.63) is 147 Å². The number of carbonyl (C=O) groups is 3. The summed E-state index contributed by atoms with van der Waals surface area (Å²) in [6.07, 6.45) is 13.6. The van der Waals surface area contributed by atoms with Crippen LogP contribution in [-0.2, 0) is 14.4 Å². The normalized spacial score (nSPS) is 11.0. The Kier molecular flexibility index (Phi) is 11.8. The third-order valence-corrected chi connectivity index (χ3v) is 14.8. The summed E-state index contributed by atoms with van der Waals surface area (Å²) in [5, 5.41) is 8.54. The second-order valence-electron chi connectivity index (χ2n) is 8.23. The van der Waals surface area contributed by atoms with Crippen molar-refractivity contribution < 1.29 is 14.4 Å². The van der Waals surface area contributed by atoms with Gasteiger partial charge in [-0.1, -0.05) is 0 Å². The van der Waals surface area contributed by atoms with Crippen LogP contribution >= 0.6 is 0 Å². The molecule has 3 N–H and O–H groups in total. The summed E-state index contributed by atoms with van der Waals surface area (Å²) in [6, 6.07) is 23.7. The Morgan fingerprint density at radius 2 is 0.725 bits per heavy atom. The third kappa shape index (κ3) is 9.30. The molecule has 0 bridgehead atoms. The minimum absolute atomic E-state index is 0.228. The molecule has 7 heteroatoms. The standard InChI is InChI=1S/3C11H10NO.Bi/c3*1-2-3-9-11(13)12-10-7-5-4-6-8-10;/h3*2-3,5-9H,1H2,(H,12,13);. The number of allylic oxidation sites excluding steroid dienone is 6. The van der Waals surface area contributed by atoms with Crippen molar-refractivity contribution >= 4 is 66.3 Å². The van der Waals surface area contributed by atoms with E-state index in [1.807, 2.05) is 36.4 Å². The van der Waals surface area contributed by atoms with Crippen molar-refractivity contribution in [1.82, 2.24) is 0 Å². The Balaban J connectivity index is 1.91. The van der Waals surface area contributed by atoms with Crippen LogP contribution in [-0.4, -0.2) is 39.5 Å². The molecule has 3 aromatic rings. The van der Waals surface area contributed by atoms with E-state index in [9.17, 15) is 14.4 Å². The fourth-order valence-corrected chi connectivity index (χ4v) is 12.2. The second kappa shape index (κ2) is 15.7. The monoisotopic (exact) mass is 725 g/mol. The van der Waals surface area contributed by atoms with Crippen molar-refractivity contribution in [3.8, 4) is 0 Å². The molecule has 40 heavy (non-hydrogen) atoms. The third-order valence-electron chi connectivity index (χ3n) is 5.33. The van der Waals surface area contributed by atoms with Gasteiger partial charge in [-0.2, -0.15) is 0 Å². The van der Waals surface area contributed by atoms with Crippen LogP contribution in [0.4, 0.5) is 17.1 Å². The zero-order chi connectivity index (χ0) is 28.7. The van der Waals surface area contributed by atoms with Gasteiger partial charge in [0.05, 0.1) is 0 Å². The number of amides is 3. The Labute approximate surface area is 242 Å². The van der Waals surface area contributed by atoms with E-state index in [-0.39, 0.29) is 17.7 Å². The second-order valence-corrected chi connectivity index (χ2v) is 16.9. The van der Waals surface area contributed by atoms with E-state index >= 15 is 0 Å². The van der Waals surface area contributed by atoms with Crippen LogP contribution in [0.25, 0.3) is 0 Å². The van der Waals surface area contributed by atoms with Crippen molar-refractivity contribution in [2.75, 3.05) is 16.0 Å². The van der Waals surface area contributed by atoms with E-state index in [4.69, 9.17) is 0 Å². The Morgan fingerprint density at radius 1 is 0.475 bits per heavy atom. The first-order chi connectivity index (χ1) is 19.4. The molecule has 3 amide bonds. The summed E-state index contributed by atoms with van der Waals surface area (Å²) in [5.74, 6) is -0.685. The Bertz CT molecular complexity index is 1270. The summed E-state index contributed by atoms with van der Waals surface area (Å²) in [7, 11) is 0. The number of nitrogens with one attached hydrogen (secondary N) is 3. The molecular formula is C33H30BiN3O3. The summed E-state index contributed by atoms with van der Waals surface area (Å²) >= 11 is -2.79. The molecule has 0 unspecified atom stereocenters. The van der Waals surface area contributed by atoms with Crippen LogP contribution < -0.4 is 25.8 Å². The van der Waals surface area contributed by atoms with E-state index in [1.54, 1.807) is 36.5 Å². The molecule has 0 aliphatic rings. The number of hydrogen-bond acceptors (Lipinski definition) is 3. The predicted octanol–water partition coefficient (Wildman–Crippen LogP) is 4.24. The summed E-state index contributed by atoms with van der Waals surface area (Å²) in [6.45, 7) is 10.7. The van der Waals surface area contributed by atoms with Crippen molar-refractivity contribution in [3.63, 3.8) is 0 Å². The van der Waals surface area contributed by atoms with E-state index in [2.05, 4.69) is 72.1 Å². The average Bonchev–Trinajstić information content (AvgIpc) is 2.96. The molecule has 0 aliphatic carbocycles. The van der Waals surface area contributed by atoms with Gasteiger partial charge < -0.3 is 0 Å². The van der Waals surface area contributed by atoms with Crippen LogP contribution in [0.5, 0.6) is 0 Å². The first-order valence-electron chi connectivity index (χ1n) is 12.3. The van der Waals surface area contributed by atoms with E-state index in [0.29, 0.717) is 17.1 Å². The fourth-order valence-electron chi connectivity index (χ4n) is 3.55. The van der Waals surface area contributed by atoms with Crippen molar-refractivity contribution in [2.24, 2.45) is 0 Å². The van der Waals surface area contributed by atoms with Gasteiger partial charge in [-0.3, -0.25) is 0 Å². The molecule has 0 saturated heterocycles. The van der Waals surface area contributed by atoms with Crippen LogP contribution in [0.1, 0.15) is 0 Å². The van der Waals surface area contributed by atoms with Gasteiger partial charge in [-0.05, 0) is 0 Å². The van der Waals surface area contributed by atoms with Crippen molar-refractivity contribution in [2.45, 2.75) is 0 Å². The molecule has 0 spiro atoms. The first-order valence-corrected chi connectivity index (χ1v) is 17.6. The molecule has 0 fully saturated rings. The number of carbonyl (C=O) groups excluding carboxylic acids is 3. The Hall–Kier alpha value is -4.61. The van der Waals surface area contributed by atoms with Crippen molar-refractivity contribution in [1.29, 1.82) is 0 Å². The molecule has 3 rings (SSSR count). The summed E-state index contributed by atoms with van der Waals surface area (Å²) in [5.41, 5.74) is 2.09. The van der Waals surface area contributed by atoms with Gasteiger partial charge in [0.25, 0.3) is 0 Å². The molecule has 0 heterocycles. The Morgan fingerprint density at radius 3 is 0.950 bits per heavy atom. The zero-order valence-electron chi connectivity index (χ0n) is 21.9. The number of anilines is 3. The van der Waals surface area contributed by atoms with Crippen LogP contribution in [0.15, 0.2) is 147 Å². The van der Waals surface area contributed by atoms with Crippen LogP contribution in [0.2, 0.25) is 0 Å². The van der Waals surface area contributed by atoms with E-state index in [1.165, 1.54) is 28.0 Å². The van der Waals surface area contributed by atoms with E-state index < -0.39 is 21.8 Å². The fraction of sp³-hybridized carbons (Fsp3) is 0. The van der Waals surface area contributed by atoms with Crippen LogP contribution in [0.3, 0.4) is 0 Å². The van der Waals surface area contributed by atoms with Gasteiger partial charge in [0, 0.05) is 0 Å². The maximum atomic E-state index is 12.1. The van der Waals surface area contributed by atoms with Gasteiger partial charge >= 0.3 is 244 Å². The number of benzene rings is 3. The summed E-state index contributed by atoms with van der Waals surface area (Å²) < 4.78 is 3.60. The molecule has 0 atom stereocenters. The first kappa shape index (κ1) is 29.9. The molecule has 3 aromatic carbocycles. The number of hydrogen-bond donors (Lipinski definition) is 3. The van der Waals surface area contributed by atoms with E-state index in [0.717, 1.165) is 0 Å². The SMILES string of the molecule is C=CC=CC(=O)Nc1cc[c]([Bi]([c]2ccc(NC(=O)C=CC=C)cc2)[c]2ccc(NC(=O)C=CC=C)cc2)cc1. The topological polar surface area (TPSA) is 87.3 Å². The van der Waals surface area contributed by atoms with Gasteiger partial charge in [-0.15, -0.1) is 0 Å².